The Kier molecular flexibility index (Phi) is 5.03. The Morgan fingerprint density at radius 1 is 1.28 bits per heavy atom. The summed E-state index contributed by atoms with van der Waals surface area (Å²) in [5, 5.41) is 12.9. The van der Waals surface area contributed by atoms with Crippen molar-refractivity contribution in [2.75, 3.05) is 11.9 Å². The summed E-state index contributed by atoms with van der Waals surface area (Å²) in [4.78, 5) is 14.3. The molecule has 3 aromatic rings. The average Bonchev–Trinajstić information content (AvgIpc) is 2.96. The van der Waals surface area contributed by atoms with Crippen molar-refractivity contribution < 1.29 is 10.0 Å². The minimum absolute atomic E-state index is 0.551. The van der Waals surface area contributed by atoms with Crippen LogP contribution in [-0.2, 0) is 11.2 Å². The van der Waals surface area contributed by atoms with Gasteiger partial charge >= 0.3 is 0 Å². The van der Waals surface area contributed by atoms with Crippen LogP contribution in [0.4, 0.5) is 5.69 Å². The molecule has 2 aromatic carbocycles. The number of H-pyrrole nitrogens is 1. The van der Waals surface area contributed by atoms with Gasteiger partial charge in [0.05, 0.1) is 10.9 Å². The van der Waals surface area contributed by atoms with Gasteiger partial charge in [0.15, 0.2) is 0 Å². The predicted molar refractivity (Wildman–Crippen MR) is 98.3 cm³/mol. The van der Waals surface area contributed by atoms with E-state index in [0.29, 0.717) is 0 Å². The van der Waals surface area contributed by atoms with E-state index in [2.05, 4.69) is 29.4 Å². The summed E-state index contributed by atoms with van der Waals surface area (Å²) in [6.45, 7) is 2.88. The third kappa shape index (κ3) is 4.00. The average molecular weight is 333 g/mol. The third-order valence-electron chi connectivity index (χ3n) is 4.03. The number of rotatable bonds is 6. The van der Waals surface area contributed by atoms with E-state index in [9.17, 15) is 4.79 Å². The minimum Gasteiger partial charge on any atom is -0.385 e. The predicted octanol–water partition coefficient (Wildman–Crippen LogP) is 3.25. The number of carbonyl (C=O) groups excluding carboxylic acids is 1. The number of aryl methyl sites for hydroxylation is 1. The molecule has 3 rings (SSSR count). The summed E-state index contributed by atoms with van der Waals surface area (Å²) < 4.78 is 0. The monoisotopic (exact) mass is 333 g/mol. The quantitative estimate of drug-likeness (QED) is 0.318. The van der Waals surface area contributed by atoms with Crippen LogP contribution in [0.3, 0.4) is 0 Å². The molecule has 1 amide bonds. The molecule has 0 bridgehead atoms. The lowest BCUT2D eigenvalue weighted by Crippen LogP contribution is -2.14. The van der Waals surface area contributed by atoms with Crippen LogP contribution in [0, 0.1) is 19.1 Å². The molecular weight excluding hydrogens is 314 g/mol. The number of amides is 1. The molecule has 0 fully saturated rings. The van der Waals surface area contributed by atoms with E-state index in [1.807, 2.05) is 36.4 Å². The summed E-state index contributed by atoms with van der Waals surface area (Å²) in [6.07, 6.45) is 3.80. The summed E-state index contributed by atoms with van der Waals surface area (Å²) >= 11 is 0. The largest absolute Gasteiger partial charge is 0.385 e. The fourth-order valence-electron chi connectivity index (χ4n) is 2.76. The highest BCUT2D eigenvalue weighted by atomic mass is 16.5. The standard InChI is InChI=1S/C20H19N3O2/c1-14-17(18-4-2-3-5-19(18)22-14)12-13-21-16-9-6-15(7-10-16)8-11-20(24)23-25/h3,5-11,21-22,25H,12-13H2,1H3,(H,23,24)/b11-8+. The summed E-state index contributed by atoms with van der Waals surface area (Å²) in [6, 6.07) is 17.8. The van der Waals surface area contributed by atoms with E-state index in [4.69, 9.17) is 5.21 Å². The van der Waals surface area contributed by atoms with Crippen molar-refractivity contribution in [3.8, 4) is 0 Å². The zero-order valence-corrected chi connectivity index (χ0v) is 13.9. The van der Waals surface area contributed by atoms with E-state index in [1.165, 1.54) is 11.6 Å². The number of carbonyl (C=O) groups is 1. The van der Waals surface area contributed by atoms with Gasteiger partial charge in [-0.05, 0) is 54.8 Å². The van der Waals surface area contributed by atoms with Crippen molar-refractivity contribution in [2.24, 2.45) is 0 Å². The van der Waals surface area contributed by atoms with Crippen LogP contribution in [0.5, 0.6) is 0 Å². The molecule has 126 valence electrons. The normalized spacial score (nSPS) is 10.8. The van der Waals surface area contributed by atoms with Gasteiger partial charge in [-0.15, -0.1) is 0 Å². The molecule has 0 radical (unpaired) electrons. The van der Waals surface area contributed by atoms with Crippen molar-refractivity contribution in [3.63, 3.8) is 0 Å². The highest BCUT2D eigenvalue weighted by Gasteiger charge is 2.07. The van der Waals surface area contributed by atoms with Crippen molar-refractivity contribution in [2.45, 2.75) is 13.3 Å². The number of fused-ring (bicyclic) bond motifs is 1. The molecule has 4 N–H and O–H groups in total. The molecule has 0 saturated carbocycles. The molecule has 5 nitrogen and oxygen atoms in total. The zero-order valence-electron chi connectivity index (χ0n) is 13.9. The van der Waals surface area contributed by atoms with E-state index in [-0.39, 0.29) is 0 Å². The lowest BCUT2D eigenvalue weighted by atomic mass is 10.1. The molecule has 25 heavy (non-hydrogen) atoms. The van der Waals surface area contributed by atoms with Gasteiger partial charge in [-0.2, -0.15) is 0 Å². The van der Waals surface area contributed by atoms with E-state index < -0.39 is 5.91 Å². The number of anilines is 1. The first-order valence-electron chi connectivity index (χ1n) is 8.03. The maximum atomic E-state index is 11.0. The Morgan fingerprint density at radius 3 is 2.84 bits per heavy atom. The molecule has 0 unspecified atom stereocenters. The molecule has 0 aliphatic heterocycles. The summed E-state index contributed by atoms with van der Waals surface area (Å²) in [5.74, 6) is -0.551. The number of benzene rings is 1. The molecule has 0 spiro atoms. The van der Waals surface area contributed by atoms with E-state index in [1.54, 1.807) is 11.6 Å². The number of nitrogens with one attached hydrogen (secondary N) is 3. The van der Waals surface area contributed by atoms with Crippen molar-refractivity contribution in [1.29, 1.82) is 0 Å². The Bertz CT molecular complexity index is 895. The number of hydrogen-bond acceptors (Lipinski definition) is 3. The molecule has 5 heteroatoms. The van der Waals surface area contributed by atoms with Gasteiger partial charge in [-0.1, -0.05) is 24.3 Å². The topological polar surface area (TPSA) is 77.2 Å². The van der Waals surface area contributed by atoms with Gasteiger partial charge < -0.3 is 10.3 Å². The first kappa shape index (κ1) is 16.6. The maximum absolute atomic E-state index is 11.0. The summed E-state index contributed by atoms with van der Waals surface area (Å²) in [7, 11) is 0. The molecule has 1 aromatic heterocycles. The lowest BCUT2D eigenvalue weighted by molar-refractivity contribution is -0.124. The van der Waals surface area contributed by atoms with Crippen LogP contribution in [0.25, 0.3) is 17.0 Å². The van der Waals surface area contributed by atoms with Crippen molar-refractivity contribution in [3.05, 3.63) is 71.4 Å². The highest BCUT2D eigenvalue weighted by molar-refractivity contribution is 5.90. The molecule has 1 heterocycles. The van der Waals surface area contributed by atoms with Crippen molar-refractivity contribution in [1.82, 2.24) is 10.5 Å². The van der Waals surface area contributed by atoms with Crippen LogP contribution in [0.15, 0.2) is 42.5 Å². The lowest BCUT2D eigenvalue weighted by Gasteiger charge is -2.07. The highest BCUT2D eigenvalue weighted by Crippen LogP contribution is 2.20. The van der Waals surface area contributed by atoms with Gasteiger partial charge in [0, 0.05) is 24.0 Å². The Morgan fingerprint density at radius 2 is 2.08 bits per heavy atom. The molecule has 0 aliphatic rings. The molecule has 0 aliphatic carbocycles. The van der Waals surface area contributed by atoms with Gasteiger partial charge in [0.1, 0.15) is 0 Å². The number of aromatic amines is 1. The van der Waals surface area contributed by atoms with Crippen LogP contribution in [-0.4, -0.2) is 22.6 Å². The second-order valence-corrected chi connectivity index (χ2v) is 5.73. The number of hydroxylamine groups is 1. The summed E-state index contributed by atoms with van der Waals surface area (Å²) in [5.41, 5.74) is 6.96. The van der Waals surface area contributed by atoms with Crippen LogP contribution >= 0.6 is 0 Å². The first-order chi connectivity index (χ1) is 12.2. The number of aromatic nitrogens is 1. The second kappa shape index (κ2) is 7.56. The van der Waals surface area contributed by atoms with Crippen molar-refractivity contribution >= 4 is 28.6 Å². The van der Waals surface area contributed by atoms with Gasteiger partial charge in [-0.3, -0.25) is 10.0 Å². The Hall–Kier alpha value is -3.23. The second-order valence-electron chi connectivity index (χ2n) is 5.73. The van der Waals surface area contributed by atoms with Gasteiger partial charge in [0.25, 0.3) is 5.91 Å². The van der Waals surface area contributed by atoms with Gasteiger partial charge in [0.2, 0.25) is 0 Å². The molecular formula is C20H19N3O2. The zero-order chi connectivity index (χ0) is 17.6. The first-order valence-corrected chi connectivity index (χ1v) is 8.03. The molecule has 0 saturated heterocycles. The molecule has 0 atom stereocenters. The van der Waals surface area contributed by atoms with E-state index in [0.717, 1.165) is 40.8 Å². The van der Waals surface area contributed by atoms with E-state index >= 15 is 0 Å². The van der Waals surface area contributed by atoms with Crippen LogP contribution in [0.2, 0.25) is 0 Å². The smallest absolute Gasteiger partial charge is 0.267 e. The fraction of sp³-hybridized carbons (Fsp3) is 0.150. The van der Waals surface area contributed by atoms with Crippen LogP contribution < -0.4 is 10.8 Å². The number of hydrogen-bond donors (Lipinski definition) is 4. The Labute approximate surface area is 146 Å². The fourth-order valence-corrected chi connectivity index (χ4v) is 2.76. The third-order valence-corrected chi connectivity index (χ3v) is 4.03. The Balaban J connectivity index is 1.59. The maximum Gasteiger partial charge on any atom is 0.267 e. The minimum atomic E-state index is -0.551. The van der Waals surface area contributed by atoms with Crippen LogP contribution in [0.1, 0.15) is 16.8 Å². The SMILES string of the molecule is Cc1[nH]c2ccc#cc2c1CCNc1ccc(/C=C/C(=O)NO)cc1. The van der Waals surface area contributed by atoms with Gasteiger partial charge in [-0.25, -0.2) is 5.48 Å².